The van der Waals surface area contributed by atoms with Gasteiger partial charge in [-0.2, -0.15) is 0 Å². The van der Waals surface area contributed by atoms with E-state index in [0.29, 0.717) is 5.95 Å². The first-order valence-electron chi connectivity index (χ1n) is 5.27. The fourth-order valence-corrected chi connectivity index (χ4v) is 3.13. The minimum Gasteiger partial charge on any atom is -0.292 e. The van der Waals surface area contributed by atoms with Gasteiger partial charge in [-0.25, -0.2) is 15.8 Å². The maximum atomic E-state index is 5.31. The highest BCUT2D eigenvalue weighted by atomic mass is 32.2. The normalized spacial score (nSPS) is 16.9. The van der Waals surface area contributed by atoms with Crippen LogP contribution in [0.5, 0.6) is 0 Å². The van der Waals surface area contributed by atoms with Crippen molar-refractivity contribution in [2.45, 2.75) is 42.9 Å². The van der Waals surface area contributed by atoms with Crippen LogP contribution in [0.1, 0.15) is 31.4 Å². The zero-order valence-electron chi connectivity index (χ0n) is 8.86. The topological polar surface area (TPSA) is 63.8 Å². The van der Waals surface area contributed by atoms with Gasteiger partial charge in [0.15, 0.2) is 0 Å². The second kappa shape index (κ2) is 4.81. The van der Waals surface area contributed by atoms with Crippen molar-refractivity contribution >= 4 is 17.7 Å². The third kappa shape index (κ3) is 2.82. The molecule has 0 aromatic carbocycles. The van der Waals surface area contributed by atoms with E-state index in [4.69, 9.17) is 5.84 Å². The predicted octanol–water partition coefficient (Wildman–Crippen LogP) is 2.11. The maximum absolute atomic E-state index is 5.31. The summed E-state index contributed by atoms with van der Waals surface area (Å²) >= 11 is 1.85. The number of rotatable bonds is 3. The van der Waals surface area contributed by atoms with E-state index in [1.54, 1.807) is 0 Å². The van der Waals surface area contributed by atoms with E-state index in [0.717, 1.165) is 16.0 Å². The molecule has 0 atom stereocenters. The minimum absolute atomic E-state index is 0.510. The lowest BCUT2D eigenvalue weighted by Gasteiger charge is -2.09. The van der Waals surface area contributed by atoms with Crippen LogP contribution < -0.4 is 11.3 Å². The highest BCUT2D eigenvalue weighted by Gasteiger charge is 2.17. The van der Waals surface area contributed by atoms with Crippen molar-refractivity contribution in [3.8, 4) is 0 Å². The average molecular weight is 224 g/mol. The molecule has 1 aromatic rings. The fourth-order valence-electron chi connectivity index (χ4n) is 1.84. The number of nitrogens with zero attached hydrogens (tertiary/aromatic N) is 2. The van der Waals surface area contributed by atoms with Crippen molar-refractivity contribution in [3.05, 3.63) is 11.8 Å². The van der Waals surface area contributed by atoms with E-state index in [2.05, 4.69) is 15.4 Å². The van der Waals surface area contributed by atoms with Gasteiger partial charge in [0, 0.05) is 10.9 Å². The standard InChI is InChI=1S/C10H16N4S/c1-7-6-9(13-10(12-7)14-11)15-8-4-2-3-5-8/h6,8H,2-5,11H2,1H3,(H,12,13,14). The van der Waals surface area contributed by atoms with Crippen LogP contribution >= 0.6 is 11.8 Å². The van der Waals surface area contributed by atoms with Crippen LogP contribution in [-0.4, -0.2) is 15.2 Å². The molecular weight excluding hydrogens is 208 g/mol. The molecule has 15 heavy (non-hydrogen) atoms. The number of anilines is 1. The highest BCUT2D eigenvalue weighted by Crippen LogP contribution is 2.34. The summed E-state index contributed by atoms with van der Waals surface area (Å²) in [6.07, 6.45) is 5.31. The molecule has 0 unspecified atom stereocenters. The predicted molar refractivity (Wildman–Crippen MR) is 62.7 cm³/mol. The summed E-state index contributed by atoms with van der Waals surface area (Å²) in [6.45, 7) is 1.96. The molecule has 1 aromatic heterocycles. The lowest BCUT2D eigenvalue weighted by Crippen LogP contribution is -2.11. The number of nitrogens with two attached hydrogens (primary N) is 1. The van der Waals surface area contributed by atoms with Crippen LogP contribution in [0.3, 0.4) is 0 Å². The summed E-state index contributed by atoms with van der Waals surface area (Å²) in [5.74, 6) is 5.82. The molecule has 1 aliphatic rings. The van der Waals surface area contributed by atoms with Crippen LogP contribution in [0, 0.1) is 6.92 Å². The first-order valence-corrected chi connectivity index (χ1v) is 6.15. The molecule has 4 nitrogen and oxygen atoms in total. The molecule has 0 radical (unpaired) electrons. The summed E-state index contributed by atoms with van der Waals surface area (Å²) in [6, 6.07) is 2.02. The van der Waals surface area contributed by atoms with Gasteiger partial charge in [0.25, 0.3) is 0 Å². The van der Waals surface area contributed by atoms with E-state index in [1.807, 2.05) is 24.8 Å². The molecule has 0 spiro atoms. The molecule has 0 aliphatic heterocycles. The number of aryl methyl sites for hydroxylation is 1. The Balaban J connectivity index is 2.09. The van der Waals surface area contributed by atoms with Crippen molar-refractivity contribution in [2.24, 2.45) is 5.84 Å². The van der Waals surface area contributed by atoms with Gasteiger partial charge in [-0.3, -0.25) is 5.43 Å². The number of hydrazine groups is 1. The Bertz CT molecular complexity index is 336. The number of hydrogen-bond acceptors (Lipinski definition) is 5. The fraction of sp³-hybridized carbons (Fsp3) is 0.600. The summed E-state index contributed by atoms with van der Waals surface area (Å²) in [7, 11) is 0. The first kappa shape index (κ1) is 10.7. The van der Waals surface area contributed by atoms with Gasteiger partial charge in [-0.1, -0.05) is 12.8 Å². The SMILES string of the molecule is Cc1cc(SC2CCCC2)nc(NN)n1. The van der Waals surface area contributed by atoms with Crippen molar-refractivity contribution < 1.29 is 0 Å². The van der Waals surface area contributed by atoms with Crippen LogP contribution in [0.25, 0.3) is 0 Å². The summed E-state index contributed by atoms with van der Waals surface area (Å²) in [5, 5.41) is 1.76. The Morgan fingerprint density at radius 2 is 2.13 bits per heavy atom. The van der Waals surface area contributed by atoms with E-state index in [9.17, 15) is 0 Å². The van der Waals surface area contributed by atoms with Crippen LogP contribution in [0.4, 0.5) is 5.95 Å². The molecular formula is C10H16N4S. The van der Waals surface area contributed by atoms with Crippen molar-refractivity contribution in [3.63, 3.8) is 0 Å². The maximum Gasteiger partial charge on any atom is 0.238 e. The number of hydrogen-bond donors (Lipinski definition) is 2. The van der Waals surface area contributed by atoms with Gasteiger partial charge in [-0.15, -0.1) is 11.8 Å². The Morgan fingerprint density at radius 3 is 2.80 bits per heavy atom. The quantitative estimate of drug-likeness (QED) is 0.467. The highest BCUT2D eigenvalue weighted by molar-refractivity contribution is 7.99. The van der Waals surface area contributed by atoms with Gasteiger partial charge < -0.3 is 0 Å². The van der Waals surface area contributed by atoms with Crippen LogP contribution in [0.2, 0.25) is 0 Å². The Labute approximate surface area is 94.0 Å². The number of aromatic nitrogens is 2. The second-order valence-electron chi connectivity index (χ2n) is 3.84. The number of nitrogens with one attached hydrogen (secondary N) is 1. The Morgan fingerprint density at radius 1 is 1.40 bits per heavy atom. The molecule has 0 saturated heterocycles. The third-order valence-corrected chi connectivity index (χ3v) is 3.80. The Hall–Kier alpha value is -0.810. The molecule has 0 amide bonds. The molecule has 2 rings (SSSR count). The van der Waals surface area contributed by atoms with Crippen LogP contribution in [0.15, 0.2) is 11.1 Å². The van der Waals surface area contributed by atoms with Gasteiger partial charge >= 0.3 is 0 Å². The molecule has 5 heteroatoms. The molecule has 3 N–H and O–H groups in total. The molecule has 1 heterocycles. The van der Waals surface area contributed by atoms with Gasteiger partial charge in [0.1, 0.15) is 5.03 Å². The largest absolute Gasteiger partial charge is 0.292 e. The van der Waals surface area contributed by atoms with E-state index < -0.39 is 0 Å². The molecule has 1 saturated carbocycles. The molecule has 0 bridgehead atoms. The minimum atomic E-state index is 0.510. The monoisotopic (exact) mass is 224 g/mol. The lowest BCUT2D eigenvalue weighted by molar-refractivity contribution is 0.886. The smallest absolute Gasteiger partial charge is 0.238 e. The zero-order valence-corrected chi connectivity index (χ0v) is 9.68. The molecule has 82 valence electrons. The number of nitrogen functional groups attached to an aromatic ring is 1. The van der Waals surface area contributed by atoms with Gasteiger partial charge in [-0.05, 0) is 25.8 Å². The summed E-state index contributed by atoms with van der Waals surface area (Å²) in [4.78, 5) is 8.50. The van der Waals surface area contributed by atoms with Crippen molar-refractivity contribution in [2.75, 3.05) is 5.43 Å². The lowest BCUT2D eigenvalue weighted by atomic mass is 10.4. The summed E-state index contributed by atoms with van der Waals surface area (Å²) in [5.41, 5.74) is 3.45. The molecule has 1 fully saturated rings. The van der Waals surface area contributed by atoms with Crippen LogP contribution in [-0.2, 0) is 0 Å². The Kier molecular flexibility index (Phi) is 3.43. The zero-order chi connectivity index (χ0) is 10.7. The van der Waals surface area contributed by atoms with Gasteiger partial charge in [0.05, 0.1) is 0 Å². The van der Waals surface area contributed by atoms with Crippen molar-refractivity contribution in [1.82, 2.24) is 9.97 Å². The molecule has 1 aliphatic carbocycles. The van der Waals surface area contributed by atoms with E-state index in [1.165, 1.54) is 25.7 Å². The number of thioether (sulfide) groups is 1. The second-order valence-corrected chi connectivity index (χ2v) is 5.16. The van der Waals surface area contributed by atoms with E-state index >= 15 is 0 Å². The van der Waals surface area contributed by atoms with Crippen molar-refractivity contribution in [1.29, 1.82) is 0 Å². The average Bonchev–Trinajstić information content (AvgIpc) is 2.69. The summed E-state index contributed by atoms with van der Waals surface area (Å²) < 4.78 is 0. The van der Waals surface area contributed by atoms with Gasteiger partial charge in [0.2, 0.25) is 5.95 Å². The van der Waals surface area contributed by atoms with E-state index in [-0.39, 0.29) is 0 Å². The third-order valence-electron chi connectivity index (χ3n) is 2.55. The first-order chi connectivity index (χ1) is 7.28.